The van der Waals surface area contributed by atoms with E-state index in [0.717, 1.165) is 5.56 Å². The lowest BCUT2D eigenvalue weighted by atomic mass is 10.1. The number of carbonyl (C=O) groups excluding carboxylic acids is 1. The number of hydrogen-bond acceptors (Lipinski definition) is 3. The Balaban J connectivity index is 1.82. The van der Waals surface area contributed by atoms with Crippen LogP contribution in [0.15, 0.2) is 71.6 Å². The van der Waals surface area contributed by atoms with Crippen molar-refractivity contribution in [1.29, 1.82) is 0 Å². The third kappa shape index (κ3) is 2.59. The molecule has 3 rings (SSSR count). The lowest BCUT2D eigenvalue weighted by Crippen LogP contribution is -2.11. The first-order valence-electron chi connectivity index (χ1n) is 6.18. The Bertz CT molecular complexity index is 706. The molecule has 0 bridgehead atoms. The Morgan fingerprint density at radius 1 is 1.05 bits per heavy atom. The third-order valence-electron chi connectivity index (χ3n) is 2.87. The molecule has 0 unspecified atom stereocenters. The van der Waals surface area contributed by atoms with Crippen molar-refractivity contribution in [2.45, 2.75) is 0 Å². The predicted octanol–water partition coefficient (Wildman–Crippen LogP) is 3.59. The molecular formula is C16H12N2O2. The van der Waals surface area contributed by atoms with Crippen molar-refractivity contribution in [3.05, 3.63) is 72.8 Å². The molecule has 0 radical (unpaired) electrons. The number of rotatable bonds is 3. The van der Waals surface area contributed by atoms with Gasteiger partial charge in [0.05, 0.1) is 6.20 Å². The summed E-state index contributed by atoms with van der Waals surface area (Å²) in [6, 6.07) is 16.5. The molecule has 4 heteroatoms. The summed E-state index contributed by atoms with van der Waals surface area (Å²) in [5, 5.41) is 2.86. The van der Waals surface area contributed by atoms with Crippen molar-refractivity contribution in [2.75, 3.05) is 5.32 Å². The summed E-state index contributed by atoms with van der Waals surface area (Å²) in [4.78, 5) is 15.9. The molecule has 0 aliphatic heterocycles. The van der Waals surface area contributed by atoms with Crippen LogP contribution in [0.1, 0.15) is 10.4 Å². The first-order valence-corrected chi connectivity index (χ1v) is 6.18. The van der Waals surface area contributed by atoms with Gasteiger partial charge in [-0.25, -0.2) is 4.98 Å². The number of hydrogen-bond donors (Lipinski definition) is 1. The summed E-state index contributed by atoms with van der Waals surface area (Å²) >= 11 is 0. The number of oxazole rings is 1. The molecule has 2 aromatic carbocycles. The Morgan fingerprint density at radius 2 is 1.90 bits per heavy atom. The van der Waals surface area contributed by atoms with Gasteiger partial charge in [0, 0.05) is 16.8 Å². The maximum absolute atomic E-state index is 12.1. The van der Waals surface area contributed by atoms with Crippen molar-refractivity contribution in [2.24, 2.45) is 0 Å². The van der Waals surface area contributed by atoms with E-state index in [4.69, 9.17) is 4.42 Å². The summed E-state index contributed by atoms with van der Waals surface area (Å²) < 4.78 is 5.24. The van der Waals surface area contributed by atoms with Crippen LogP contribution in [0.2, 0.25) is 0 Å². The average molecular weight is 264 g/mol. The number of carbonyl (C=O) groups is 1. The second-order valence-corrected chi connectivity index (χ2v) is 4.27. The highest BCUT2D eigenvalue weighted by Crippen LogP contribution is 2.22. The smallest absolute Gasteiger partial charge is 0.255 e. The summed E-state index contributed by atoms with van der Waals surface area (Å²) in [6.07, 6.45) is 3.02. The molecule has 0 saturated carbocycles. The van der Waals surface area contributed by atoms with Crippen molar-refractivity contribution in [3.8, 4) is 11.3 Å². The second-order valence-electron chi connectivity index (χ2n) is 4.27. The molecule has 3 aromatic rings. The monoisotopic (exact) mass is 264 g/mol. The normalized spacial score (nSPS) is 10.2. The predicted molar refractivity (Wildman–Crippen MR) is 76.3 cm³/mol. The highest BCUT2D eigenvalue weighted by molar-refractivity contribution is 6.04. The van der Waals surface area contributed by atoms with Crippen LogP contribution in [0.5, 0.6) is 0 Å². The van der Waals surface area contributed by atoms with Crippen molar-refractivity contribution < 1.29 is 9.21 Å². The zero-order chi connectivity index (χ0) is 13.8. The molecule has 4 nitrogen and oxygen atoms in total. The molecular weight excluding hydrogens is 252 g/mol. The van der Waals surface area contributed by atoms with E-state index in [1.54, 1.807) is 18.3 Å². The molecule has 20 heavy (non-hydrogen) atoms. The summed E-state index contributed by atoms with van der Waals surface area (Å²) in [7, 11) is 0. The van der Waals surface area contributed by atoms with Gasteiger partial charge in [0.1, 0.15) is 0 Å². The molecule has 1 amide bonds. The van der Waals surface area contributed by atoms with E-state index in [0.29, 0.717) is 17.0 Å². The van der Waals surface area contributed by atoms with Crippen LogP contribution in [-0.2, 0) is 0 Å². The number of benzene rings is 2. The molecule has 0 spiro atoms. The highest BCUT2D eigenvalue weighted by Gasteiger charge is 2.07. The third-order valence-corrected chi connectivity index (χ3v) is 2.87. The molecule has 0 aliphatic carbocycles. The zero-order valence-corrected chi connectivity index (χ0v) is 10.6. The van der Waals surface area contributed by atoms with Crippen molar-refractivity contribution >= 4 is 11.6 Å². The van der Waals surface area contributed by atoms with Crippen molar-refractivity contribution in [3.63, 3.8) is 0 Å². The first kappa shape index (κ1) is 12.2. The van der Waals surface area contributed by atoms with Crippen LogP contribution >= 0.6 is 0 Å². The lowest BCUT2D eigenvalue weighted by molar-refractivity contribution is 0.102. The van der Waals surface area contributed by atoms with E-state index in [1.807, 2.05) is 42.5 Å². The van der Waals surface area contributed by atoms with Gasteiger partial charge in [-0.3, -0.25) is 4.79 Å². The minimum Gasteiger partial charge on any atom is -0.444 e. The first-order chi connectivity index (χ1) is 9.83. The minimum atomic E-state index is -0.139. The fourth-order valence-electron chi connectivity index (χ4n) is 1.90. The number of aromatic nitrogens is 1. The molecule has 0 atom stereocenters. The fraction of sp³-hybridized carbons (Fsp3) is 0. The topological polar surface area (TPSA) is 55.1 Å². The summed E-state index contributed by atoms with van der Waals surface area (Å²) in [5.41, 5.74) is 2.21. The van der Waals surface area contributed by atoms with E-state index >= 15 is 0 Å². The van der Waals surface area contributed by atoms with Gasteiger partial charge in [-0.1, -0.05) is 30.3 Å². The standard InChI is InChI=1S/C16H12N2O2/c19-16(12-5-2-1-3-6-12)18-14-8-4-7-13(9-14)15-10-17-11-20-15/h1-11H,(H,18,19). The van der Waals surface area contributed by atoms with Crippen LogP contribution in [0.4, 0.5) is 5.69 Å². The largest absolute Gasteiger partial charge is 0.444 e. The SMILES string of the molecule is O=C(Nc1cccc(-c2cnco2)c1)c1ccccc1. The Labute approximate surface area is 116 Å². The molecule has 1 heterocycles. The van der Waals surface area contributed by atoms with Crippen LogP contribution in [0.25, 0.3) is 11.3 Å². The van der Waals surface area contributed by atoms with Gasteiger partial charge in [-0.2, -0.15) is 0 Å². The molecule has 98 valence electrons. The Kier molecular flexibility index (Phi) is 3.29. The second kappa shape index (κ2) is 5.40. The zero-order valence-electron chi connectivity index (χ0n) is 10.6. The van der Waals surface area contributed by atoms with Gasteiger partial charge in [0.15, 0.2) is 12.2 Å². The Hall–Kier alpha value is -2.88. The van der Waals surface area contributed by atoms with E-state index in [1.165, 1.54) is 6.39 Å². The van der Waals surface area contributed by atoms with Gasteiger partial charge in [0.2, 0.25) is 0 Å². The van der Waals surface area contributed by atoms with E-state index in [2.05, 4.69) is 10.3 Å². The van der Waals surface area contributed by atoms with Crippen molar-refractivity contribution in [1.82, 2.24) is 4.98 Å². The van der Waals surface area contributed by atoms with E-state index in [9.17, 15) is 4.79 Å². The van der Waals surface area contributed by atoms with Crippen LogP contribution in [0, 0.1) is 0 Å². The van der Waals surface area contributed by atoms with Gasteiger partial charge >= 0.3 is 0 Å². The maximum Gasteiger partial charge on any atom is 0.255 e. The minimum absolute atomic E-state index is 0.139. The number of nitrogens with zero attached hydrogens (tertiary/aromatic N) is 1. The fourth-order valence-corrected chi connectivity index (χ4v) is 1.90. The highest BCUT2D eigenvalue weighted by atomic mass is 16.3. The lowest BCUT2D eigenvalue weighted by Gasteiger charge is -2.06. The van der Waals surface area contributed by atoms with Gasteiger partial charge in [0.25, 0.3) is 5.91 Å². The van der Waals surface area contributed by atoms with Crippen LogP contribution in [0.3, 0.4) is 0 Å². The van der Waals surface area contributed by atoms with Gasteiger partial charge < -0.3 is 9.73 Å². The number of amides is 1. The quantitative estimate of drug-likeness (QED) is 0.786. The number of nitrogens with one attached hydrogen (secondary N) is 1. The molecule has 0 fully saturated rings. The Morgan fingerprint density at radius 3 is 2.65 bits per heavy atom. The van der Waals surface area contributed by atoms with Gasteiger partial charge in [-0.05, 0) is 24.3 Å². The summed E-state index contributed by atoms with van der Waals surface area (Å²) in [6.45, 7) is 0. The molecule has 0 aliphatic rings. The molecule has 1 N–H and O–H groups in total. The number of anilines is 1. The van der Waals surface area contributed by atoms with E-state index in [-0.39, 0.29) is 5.91 Å². The van der Waals surface area contributed by atoms with Gasteiger partial charge in [-0.15, -0.1) is 0 Å². The van der Waals surface area contributed by atoms with Crippen LogP contribution < -0.4 is 5.32 Å². The van der Waals surface area contributed by atoms with E-state index < -0.39 is 0 Å². The average Bonchev–Trinajstić information content (AvgIpc) is 3.03. The molecule has 0 saturated heterocycles. The summed E-state index contributed by atoms with van der Waals surface area (Å²) in [5.74, 6) is 0.529. The maximum atomic E-state index is 12.1. The van der Waals surface area contributed by atoms with Crippen LogP contribution in [-0.4, -0.2) is 10.9 Å². The molecule has 1 aromatic heterocycles.